The molecule has 0 amide bonds. The first kappa shape index (κ1) is 15.6. The van der Waals surface area contributed by atoms with Gasteiger partial charge in [0.2, 0.25) is 5.88 Å². The molecule has 0 aliphatic carbocycles. The van der Waals surface area contributed by atoms with Crippen LogP contribution in [0.15, 0.2) is 54.6 Å². The van der Waals surface area contributed by atoms with Crippen LogP contribution in [0.25, 0.3) is 5.69 Å². The number of rotatable bonds is 3. The van der Waals surface area contributed by atoms with Gasteiger partial charge in [0.05, 0.1) is 37.1 Å². The number of anilines is 1. The van der Waals surface area contributed by atoms with Crippen LogP contribution in [0.2, 0.25) is 0 Å². The molecule has 2 aromatic carbocycles. The van der Waals surface area contributed by atoms with Gasteiger partial charge in [-0.2, -0.15) is 0 Å². The second-order valence-electron chi connectivity index (χ2n) is 6.08. The van der Waals surface area contributed by atoms with E-state index in [1.807, 2.05) is 35.0 Å². The molecule has 1 aliphatic rings. The number of methoxy groups -OCH3 is 1. The highest BCUT2D eigenvalue weighted by atomic mass is 16.5. The summed E-state index contributed by atoms with van der Waals surface area (Å²) in [5, 5.41) is 4.68. The maximum Gasteiger partial charge on any atom is 0.238 e. The zero-order chi connectivity index (χ0) is 17.2. The van der Waals surface area contributed by atoms with Crippen molar-refractivity contribution in [1.82, 2.24) is 9.78 Å². The van der Waals surface area contributed by atoms with Gasteiger partial charge in [-0.25, -0.2) is 4.68 Å². The molecule has 4 rings (SSSR count). The van der Waals surface area contributed by atoms with E-state index in [4.69, 9.17) is 9.47 Å². The monoisotopic (exact) mass is 335 g/mol. The minimum Gasteiger partial charge on any atom is -0.497 e. The van der Waals surface area contributed by atoms with Crippen molar-refractivity contribution in [2.24, 2.45) is 0 Å². The molecule has 0 radical (unpaired) electrons. The second kappa shape index (κ2) is 6.51. The Hall–Kier alpha value is -2.95. The van der Waals surface area contributed by atoms with E-state index in [9.17, 15) is 0 Å². The molecule has 1 aliphatic heterocycles. The number of fused-ring (bicyclic) bond motifs is 1. The van der Waals surface area contributed by atoms with E-state index in [1.54, 1.807) is 7.11 Å². The molecule has 5 nitrogen and oxygen atoms in total. The molecule has 0 saturated carbocycles. The van der Waals surface area contributed by atoms with Crippen molar-refractivity contribution in [2.75, 3.05) is 25.2 Å². The van der Waals surface area contributed by atoms with Gasteiger partial charge in [0, 0.05) is 5.69 Å². The molecule has 0 spiro atoms. The smallest absolute Gasteiger partial charge is 0.238 e. The summed E-state index contributed by atoms with van der Waals surface area (Å²) in [6.07, 6.45) is 0. The van der Waals surface area contributed by atoms with E-state index in [2.05, 4.69) is 41.2 Å². The Morgan fingerprint density at radius 1 is 1.00 bits per heavy atom. The molecule has 1 aromatic heterocycles. The maximum atomic E-state index is 5.93. The fourth-order valence-electron chi connectivity index (χ4n) is 3.16. The normalized spacial score (nSPS) is 13.8. The predicted molar refractivity (Wildman–Crippen MR) is 97.8 cm³/mol. The fourth-order valence-corrected chi connectivity index (χ4v) is 3.16. The average molecular weight is 335 g/mol. The highest BCUT2D eigenvalue weighted by Gasteiger charge is 2.23. The highest BCUT2D eigenvalue weighted by molar-refractivity contribution is 5.51. The number of hydrogen-bond donors (Lipinski definition) is 0. The van der Waals surface area contributed by atoms with Crippen LogP contribution in [0.5, 0.6) is 11.6 Å². The molecule has 0 atom stereocenters. The van der Waals surface area contributed by atoms with Crippen molar-refractivity contribution >= 4 is 5.69 Å². The lowest BCUT2D eigenvalue weighted by molar-refractivity contribution is 0.316. The average Bonchev–Trinajstić information content (AvgIpc) is 2.84. The molecule has 0 fully saturated rings. The summed E-state index contributed by atoms with van der Waals surface area (Å²) in [6.45, 7) is 4.32. The van der Waals surface area contributed by atoms with Gasteiger partial charge in [0.15, 0.2) is 0 Å². The lowest BCUT2D eigenvalue weighted by Crippen LogP contribution is -2.25. The quantitative estimate of drug-likeness (QED) is 0.733. The number of ether oxygens (including phenoxy) is 2. The summed E-state index contributed by atoms with van der Waals surface area (Å²) >= 11 is 0. The molecule has 0 bridgehead atoms. The van der Waals surface area contributed by atoms with Gasteiger partial charge in [-0.1, -0.05) is 18.2 Å². The van der Waals surface area contributed by atoms with Gasteiger partial charge >= 0.3 is 0 Å². The van der Waals surface area contributed by atoms with E-state index in [0.717, 1.165) is 47.4 Å². The van der Waals surface area contributed by atoms with Gasteiger partial charge in [-0.15, -0.1) is 5.10 Å². The van der Waals surface area contributed by atoms with E-state index >= 15 is 0 Å². The molecule has 5 heteroatoms. The number of benzene rings is 2. The first-order valence-electron chi connectivity index (χ1n) is 8.42. The van der Waals surface area contributed by atoms with Crippen LogP contribution in [0.4, 0.5) is 5.69 Å². The Morgan fingerprint density at radius 3 is 2.48 bits per heavy atom. The summed E-state index contributed by atoms with van der Waals surface area (Å²) in [6, 6.07) is 18.3. The number of hydrogen-bond acceptors (Lipinski definition) is 4. The second-order valence-corrected chi connectivity index (χ2v) is 6.08. The van der Waals surface area contributed by atoms with Crippen LogP contribution >= 0.6 is 0 Å². The number of para-hydroxylation sites is 1. The molecule has 0 saturated heterocycles. The van der Waals surface area contributed by atoms with E-state index in [0.29, 0.717) is 6.61 Å². The molecular weight excluding hydrogens is 314 g/mol. The predicted octanol–water partition coefficient (Wildman–Crippen LogP) is 3.59. The van der Waals surface area contributed by atoms with Crippen LogP contribution in [0.1, 0.15) is 11.3 Å². The minimum atomic E-state index is 0.615. The topological polar surface area (TPSA) is 39.5 Å². The van der Waals surface area contributed by atoms with Crippen molar-refractivity contribution in [2.45, 2.75) is 13.5 Å². The molecule has 0 unspecified atom stereocenters. The summed E-state index contributed by atoms with van der Waals surface area (Å²) < 4.78 is 13.1. The number of nitrogens with zero attached hydrogens (tertiary/aromatic N) is 3. The van der Waals surface area contributed by atoms with Gasteiger partial charge in [-0.3, -0.25) is 0 Å². The maximum absolute atomic E-state index is 5.93. The van der Waals surface area contributed by atoms with Crippen LogP contribution in [-0.2, 0) is 6.54 Å². The highest BCUT2D eigenvalue weighted by Crippen LogP contribution is 2.30. The van der Waals surface area contributed by atoms with Crippen LogP contribution in [0, 0.1) is 6.92 Å². The molecule has 0 N–H and O–H groups in total. The SMILES string of the molecule is COc1ccc(N2CCOc3nn(-c4ccccc4)c(C)c3C2)cc1. The van der Waals surface area contributed by atoms with E-state index in [1.165, 1.54) is 0 Å². The lowest BCUT2D eigenvalue weighted by Gasteiger charge is -2.22. The lowest BCUT2D eigenvalue weighted by atomic mass is 10.2. The van der Waals surface area contributed by atoms with Crippen molar-refractivity contribution in [1.29, 1.82) is 0 Å². The van der Waals surface area contributed by atoms with Gasteiger partial charge in [0.1, 0.15) is 12.4 Å². The zero-order valence-electron chi connectivity index (χ0n) is 14.5. The largest absolute Gasteiger partial charge is 0.497 e. The Morgan fingerprint density at radius 2 is 1.76 bits per heavy atom. The summed E-state index contributed by atoms with van der Waals surface area (Å²) in [7, 11) is 1.68. The van der Waals surface area contributed by atoms with Crippen LogP contribution < -0.4 is 14.4 Å². The Balaban J connectivity index is 1.67. The molecule has 128 valence electrons. The fraction of sp³-hybridized carbons (Fsp3) is 0.250. The van der Waals surface area contributed by atoms with Crippen LogP contribution in [-0.4, -0.2) is 30.0 Å². The van der Waals surface area contributed by atoms with Crippen molar-refractivity contribution in [3.05, 3.63) is 65.9 Å². The number of aromatic nitrogens is 2. The Labute approximate surface area is 147 Å². The third-order valence-corrected chi connectivity index (χ3v) is 4.59. The van der Waals surface area contributed by atoms with Crippen molar-refractivity contribution in [3.8, 4) is 17.3 Å². The van der Waals surface area contributed by atoms with E-state index < -0.39 is 0 Å². The zero-order valence-corrected chi connectivity index (χ0v) is 14.5. The van der Waals surface area contributed by atoms with Crippen LogP contribution in [0.3, 0.4) is 0 Å². The van der Waals surface area contributed by atoms with E-state index in [-0.39, 0.29) is 0 Å². The third-order valence-electron chi connectivity index (χ3n) is 4.59. The Bertz CT molecular complexity index is 857. The Kier molecular flexibility index (Phi) is 4.06. The van der Waals surface area contributed by atoms with Crippen molar-refractivity contribution < 1.29 is 9.47 Å². The summed E-state index contributed by atoms with van der Waals surface area (Å²) in [5.41, 5.74) is 4.45. The molecule has 2 heterocycles. The molecule has 3 aromatic rings. The molecular formula is C20H21N3O2. The third kappa shape index (κ3) is 2.93. The first-order chi connectivity index (χ1) is 12.3. The summed E-state index contributed by atoms with van der Waals surface area (Å²) in [4.78, 5) is 2.31. The van der Waals surface area contributed by atoms with Gasteiger partial charge in [-0.05, 0) is 43.3 Å². The first-order valence-corrected chi connectivity index (χ1v) is 8.42. The standard InChI is InChI=1S/C20H21N3O2/c1-15-19-14-22(16-8-10-18(24-2)11-9-16)12-13-25-20(19)21-23(15)17-6-4-3-5-7-17/h3-11H,12-14H2,1-2H3. The minimum absolute atomic E-state index is 0.615. The van der Waals surface area contributed by atoms with Crippen molar-refractivity contribution in [3.63, 3.8) is 0 Å². The van der Waals surface area contributed by atoms with Gasteiger partial charge in [0.25, 0.3) is 0 Å². The molecule has 25 heavy (non-hydrogen) atoms. The summed E-state index contributed by atoms with van der Waals surface area (Å²) in [5.74, 6) is 1.60. The van der Waals surface area contributed by atoms with Gasteiger partial charge < -0.3 is 14.4 Å².